The maximum absolute atomic E-state index is 12.1. The van der Waals surface area contributed by atoms with Crippen LogP contribution in [0, 0.1) is 13.8 Å². The van der Waals surface area contributed by atoms with Gasteiger partial charge < -0.3 is 15.4 Å². The van der Waals surface area contributed by atoms with E-state index < -0.39 is 17.8 Å². The molecule has 0 aliphatic heterocycles. The molecule has 0 saturated heterocycles. The summed E-state index contributed by atoms with van der Waals surface area (Å²) in [6.45, 7) is 3.68. The molecule has 0 aromatic heterocycles. The van der Waals surface area contributed by atoms with Gasteiger partial charge in [-0.2, -0.15) is 0 Å². The molecule has 0 radical (unpaired) electrons. The number of para-hydroxylation sites is 2. The van der Waals surface area contributed by atoms with E-state index in [4.69, 9.17) is 0 Å². The third kappa shape index (κ3) is 3.78. The van der Waals surface area contributed by atoms with Crippen LogP contribution in [0.4, 0.5) is 11.4 Å². The van der Waals surface area contributed by atoms with Crippen LogP contribution in [0.1, 0.15) is 21.5 Å². The highest BCUT2D eigenvalue weighted by Gasteiger charge is 2.19. The fraction of sp³-hybridized carbons (Fsp3) is 0.167. The van der Waals surface area contributed by atoms with Gasteiger partial charge >= 0.3 is 17.8 Å². The summed E-state index contributed by atoms with van der Waals surface area (Å²) in [4.78, 5) is 36.0. The molecule has 6 heteroatoms. The largest absolute Gasteiger partial charge is 0.465 e. The van der Waals surface area contributed by atoms with E-state index in [1.54, 1.807) is 12.1 Å². The fourth-order valence-electron chi connectivity index (χ4n) is 2.24. The van der Waals surface area contributed by atoms with Crippen LogP contribution in [-0.4, -0.2) is 24.9 Å². The van der Waals surface area contributed by atoms with Crippen molar-refractivity contribution in [3.8, 4) is 0 Å². The van der Waals surface area contributed by atoms with Crippen LogP contribution < -0.4 is 10.6 Å². The number of aryl methyl sites for hydroxylation is 2. The van der Waals surface area contributed by atoms with Crippen molar-refractivity contribution in [2.45, 2.75) is 13.8 Å². The molecule has 0 bridgehead atoms. The number of esters is 1. The second-order valence-corrected chi connectivity index (χ2v) is 5.21. The molecule has 0 aliphatic rings. The van der Waals surface area contributed by atoms with E-state index in [0.29, 0.717) is 5.69 Å². The Hall–Kier alpha value is -3.15. The Labute approximate surface area is 139 Å². The summed E-state index contributed by atoms with van der Waals surface area (Å²) in [5, 5.41) is 5.03. The average Bonchev–Trinajstić information content (AvgIpc) is 2.57. The molecule has 2 amide bonds. The first-order chi connectivity index (χ1) is 11.4. The number of nitrogens with one attached hydrogen (secondary N) is 2. The highest BCUT2D eigenvalue weighted by Crippen LogP contribution is 2.20. The molecule has 2 rings (SSSR count). The Bertz CT molecular complexity index is 779. The van der Waals surface area contributed by atoms with Crippen molar-refractivity contribution in [1.82, 2.24) is 0 Å². The van der Waals surface area contributed by atoms with E-state index in [2.05, 4.69) is 15.4 Å². The topological polar surface area (TPSA) is 84.5 Å². The lowest BCUT2D eigenvalue weighted by Crippen LogP contribution is -2.30. The summed E-state index contributed by atoms with van der Waals surface area (Å²) in [6.07, 6.45) is 0. The van der Waals surface area contributed by atoms with E-state index >= 15 is 0 Å². The smallest absolute Gasteiger partial charge is 0.339 e. The van der Waals surface area contributed by atoms with E-state index in [1.165, 1.54) is 19.2 Å². The van der Waals surface area contributed by atoms with Gasteiger partial charge in [0, 0.05) is 5.69 Å². The quantitative estimate of drug-likeness (QED) is 0.671. The number of benzene rings is 2. The van der Waals surface area contributed by atoms with Gasteiger partial charge in [-0.3, -0.25) is 9.59 Å². The van der Waals surface area contributed by atoms with Crippen molar-refractivity contribution in [2.75, 3.05) is 17.7 Å². The number of amides is 2. The van der Waals surface area contributed by atoms with E-state index in [1.807, 2.05) is 32.0 Å². The summed E-state index contributed by atoms with van der Waals surface area (Å²) in [7, 11) is 1.24. The summed E-state index contributed by atoms with van der Waals surface area (Å²) in [5.41, 5.74) is 2.69. The zero-order valence-corrected chi connectivity index (χ0v) is 13.7. The van der Waals surface area contributed by atoms with Crippen LogP contribution in [0.15, 0.2) is 42.5 Å². The Morgan fingerprint density at radius 3 is 2.04 bits per heavy atom. The minimum absolute atomic E-state index is 0.174. The molecule has 0 fully saturated rings. The predicted octanol–water partition coefficient (Wildman–Crippen LogP) is 2.67. The molecule has 0 saturated carbocycles. The van der Waals surface area contributed by atoms with Gasteiger partial charge in [0.15, 0.2) is 0 Å². The van der Waals surface area contributed by atoms with Gasteiger partial charge in [0.2, 0.25) is 0 Å². The lowest BCUT2D eigenvalue weighted by molar-refractivity contribution is -0.133. The summed E-state index contributed by atoms with van der Waals surface area (Å²) in [6, 6.07) is 11.9. The van der Waals surface area contributed by atoms with E-state index in [-0.39, 0.29) is 11.3 Å². The maximum Gasteiger partial charge on any atom is 0.339 e. The van der Waals surface area contributed by atoms with Crippen molar-refractivity contribution >= 4 is 29.2 Å². The zero-order valence-electron chi connectivity index (χ0n) is 13.7. The lowest BCUT2D eigenvalue weighted by atomic mass is 10.1. The second kappa shape index (κ2) is 7.41. The molecule has 0 unspecified atom stereocenters. The maximum atomic E-state index is 12.1. The monoisotopic (exact) mass is 326 g/mol. The minimum atomic E-state index is -0.867. The SMILES string of the molecule is COC(=O)c1ccccc1NC(=O)C(=O)Nc1c(C)cccc1C. The van der Waals surface area contributed by atoms with E-state index in [0.717, 1.165) is 11.1 Å². The Morgan fingerprint density at radius 1 is 0.833 bits per heavy atom. The summed E-state index contributed by atoms with van der Waals surface area (Å²) in [5.74, 6) is -2.28. The Morgan fingerprint density at radius 2 is 1.42 bits per heavy atom. The number of hydrogen-bond donors (Lipinski definition) is 2. The molecule has 24 heavy (non-hydrogen) atoms. The molecule has 0 aliphatic carbocycles. The summed E-state index contributed by atoms with van der Waals surface area (Å²) >= 11 is 0. The van der Waals surface area contributed by atoms with Crippen molar-refractivity contribution < 1.29 is 19.1 Å². The first-order valence-corrected chi connectivity index (χ1v) is 7.30. The number of anilines is 2. The van der Waals surface area contributed by atoms with Crippen molar-refractivity contribution in [1.29, 1.82) is 0 Å². The van der Waals surface area contributed by atoms with Crippen LogP contribution in [0.3, 0.4) is 0 Å². The van der Waals surface area contributed by atoms with Gasteiger partial charge in [0.05, 0.1) is 18.4 Å². The van der Waals surface area contributed by atoms with Crippen molar-refractivity contribution in [3.05, 3.63) is 59.2 Å². The van der Waals surface area contributed by atoms with Crippen LogP contribution in [0.25, 0.3) is 0 Å². The minimum Gasteiger partial charge on any atom is -0.465 e. The first kappa shape index (κ1) is 17.2. The van der Waals surface area contributed by atoms with Gasteiger partial charge in [-0.1, -0.05) is 30.3 Å². The Kier molecular flexibility index (Phi) is 5.31. The standard InChI is InChI=1S/C18H18N2O4/c1-11-7-6-8-12(2)15(11)20-17(22)16(21)19-14-10-5-4-9-13(14)18(23)24-3/h4-10H,1-3H3,(H,19,21)(H,20,22). The first-order valence-electron chi connectivity index (χ1n) is 7.30. The molecule has 6 nitrogen and oxygen atoms in total. The molecule has 0 spiro atoms. The number of ether oxygens (including phenoxy) is 1. The average molecular weight is 326 g/mol. The number of carbonyl (C=O) groups excluding carboxylic acids is 3. The molecule has 2 aromatic rings. The van der Waals surface area contributed by atoms with Crippen LogP contribution in [-0.2, 0) is 14.3 Å². The highest BCUT2D eigenvalue weighted by atomic mass is 16.5. The van der Waals surface area contributed by atoms with Crippen molar-refractivity contribution in [2.24, 2.45) is 0 Å². The highest BCUT2D eigenvalue weighted by molar-refractivity contribution is 6.44. The molecular weight excluding hydrogens is 308 g/mol. The van der Waals surface area contributed by atoms with Gasteiger partial charge in [-0.15, -0.1) is 0 Å². The number of methoxy groups -OCH3 is 1. The molecular formula is C18H18N2O4. The van der Waals surface area contributed by atoms with Gasteiger partial charge in [-0.05, 0) is 37.1 Å². The van der Waals surface area contributed by atoms with E-state index in [9.17, 15) is 14.4 Å². The fourth-order valence-corrected chi connectivity index (χ4v) is 2.24. The van der Waals surface area contributed by atoms with Crippen molar-refractivity contribution in [3.63, 3.8) is 0 Å². The van der Waals surface area contributed by atoms with Gasteiger partial charge in [0.1, 0.15) is 0 Å². The predicted molar refractivity (Wildman–Crippen MR) is 91.0 cm³/mol. The number of hydrogen-bond acceptors (Lipinski definition) is 4. The second-order valence-electron chi connectivity index (χ2n) is 5.21. The van der Waals surface area contributed by atoms with Gasteiger partial charge in [-0.25, -0.2) is 4.79 Å². The third-order valence-corrected chi connectivity index (χ3v) is 3.51. The molecule has 2 aromatic carbocycles. The lowest BCUT2D eigenvalue weighted by Gasteiger charge is -2.12. The van der Waals surface area contributed by atoms with Crippen LogP contribution >= 0.6 is 0 Å². The van der Waals surface area contributed by atoms with Crippen LogP contribution in [0.2, 0.25) is 0 Å². The molecule has 0 atom stereocenters. The number of rotatable bonds is 3. The Balaban J connectivity index is 2.16. The van der Waals surface area contributed by atoms with Gasteiger partial charge in [0.25, 0.3) is 0 Å². The van der Waals surface area contributed by atoms with Crippen LogP contribution in [0.5, 0.6) is 0 Å². The number of carbonyl (C=O) groups is 3. The zero-order chi connectivity index (χ0) is 17.7. The third-order valence-electron chi connectivity index (χ3n) is 3.51. The molecule has 124 valence electrons. The normalized spacial score (nSPS) is 9.96. The molecule has 0 heterocycles. The molecule has 2 N–H and O–H groups in total. The summed E-state index contributed by atoms with van der Waals surface area (Å²) < 4.78 is 4.66.